The molecule has 3 rings (SSSR count). The van der Waals surface area contributed by atoms with E-state index in [0.29, 0.717) is 13.2 Å². The van der Waals surface area contributed by atoms with Gasteiger partial charge in [0, 0.05) is 18.8 Å². The van der Waals surface area contributed by atoms with Crippen LogP contribution in [0.4, 0.5) is 5.69 Å². The minimum Gasteiger partial charge on any atom is -0.465 e. The first-order chi connectivity index (χ1) is 14.2. The number of hydrogen-bond acceptors (Lipinski definition) is 6. The van der Waals surface area contributed by atoms with Gasteiger partial charge < -0.3 is 14.8 Å². The van der Waals surface area contributed by atoms with Crippen LogP contribution in [-0.2, 0) is 19.5 Å². The molecule has 1 amide bonds. The Morgan fingerprint density at radius 2 is 1.67 bits per heavy atom. The molecular weight excluding hydrogens is 455 g/mol. The molecule has 1 fully saturated rings. The molecule has 2 aromatic carbocycles. The van der Waals surface area contributed by atoms with Crippen molar-refractivity contribution in [3.05, 3.63) is 57.6 Å². The fourth-order valence-corrected chi connectivity index (χ4v) is 4.68. The van der Waals surface area contributed by atoms with Crippen LogP contribution in [0.3, 0.4) is 0 Å². The van der Waals surface area contributed by atoms with E-state index in [4.69, 9.17) is 27.9 Å². The lowest BCUT2D eigenvalue weighted by Gasteiger charge is -2.26. The molecule has 1 aliphatic heterocycles. The summed E-state index contributed by atoms with van der Waals surface area (Å²) in [5, 5.41) is 2.83. The minimum absolute atomic E-state index is 0.0273. The van der Waals surface area contributed by atoms with Gasteiger partial charge in [-0.15, -0.1) is 0 Å². The van der Waals surface area contributed by atoms with E-state index in [9.17, 15) is 18.0 Å². The zero-order chi connectivity index (χ0) is 21.9. The van der Waals surface area contributed by atoms with Gasteiger partial charge in [0.1, 0.15) is 0 Å². The zero-order valence-electron chi connectivity index (χ0n) is 15.9. The number of carbonyl (C=O) groups is 2. The number of nitrogens with zero attached hydrogens (tertiary/aromatic N) is 1. The third-order valence-electron chi connectivity index (χ3n) is 4.42. The normalized spacial score (nSPS) is 14.9. The number of halogens is 2. The first-order valence-corrected chi connectivity index (χ1v) is 11.0. The quantitative estimate of drug-likeness (QED) is 0.670. The molecular formula is C19H18Cl2N2O6S. The van der Waals surface area contributed by atoms with Crippen LogP contribution in [0.15, 0.2) is 41.3 Å². The van der Waals surface area contributed by atoms with Gasteiger partial charge in [-0.3, -0.25) is 4.79 Å². The van der Waals surface area contributed by atoms with E-state index >= 15 is 0 Å². The van der Waals surface area contributed by atoms with Gasteiger partial charge in [-0.2, -0.15) is 4.31 Å². The predicted octanol–water partition coefficient (Wildman–Crippen LogP) is 3.05. The number of hydrogen-bond donors (Lipinski definition) is 1. The van der Waals surface area contributed by atoms with E-state index in [1.807, 2.05) is 0 Å². The zero-order valence-corrected chi connectivity index (χ0v) is 18.2. The Kier molecular flexibility index (Phi) is 6.99. The molecule has 0 radical (unpaired) electrons. The standard InChI is InChI=1S/C19H18Cl2N2O6S/c1-28-19(25)15-10-12(2-4-17(15)21)22-18(24)14-11-13(3-5-16(14)20)30(26,27)23-6-8-29-9-7-23/h2-5,10-11H,6-9H2,1H3,(H,22,24). The van der Waals surface area contributed by atoms with Crippen LogP contribution in [0.2, 0.25) is 10.0 Å². The Hall–Kier alpha value is -2.17. The van der Waals surface area contributed by atoms with E-state index < -0.39 is 21.9 Å². The number of ether oxygens (including phenoxy) is 2. The highest BCUT2D eigenvalue weighted by Crippen LogP contribution is 2.26. The summed E-state index contributed by atoms with van der Waals surface area (Å²) in [6, 6.07) is 8.21. The second-order valence-electron chi connectivity index (χ2n) is 6.30. The number of morpholine rings is 1. The number of methoxy groups -OCH3 is 1. The van der Waals surface area contributed by atoms with Gasteiger partial charge in [0.2, 0.25) is 10.0 Å². The Morgan fingerprint density at radius 1 is 1.03 bits per heavy atom. The number of esters is 1. The molecule has 0 aromatic heterocycles. The van der Waals surface area contributed by atoms with Gasteiger partial charge >= 0.3 is 5.97 Å². The van der Waals surface area contributed by atoms with Crippen LogP contribution >= 0.6 is 23.2 Å². The maximum absolute atomic E-state index is 12.9. The SMILES string of the molecule is COC(=O)c1cc(NC(=O)c2cc(S(=O)(=O)N3CCOCC3)ccc2Cl)ccc1Cl. The van der Waals surface area contributed by atoms with Crippen molar-refractivity contribution in [3.63, 3.8) is 0 Å². The minimum atomic E-state index is -3.80. The highest BCUT2D eigenvalue weighted by molar-refractivity contribution is 7.89. The fraction of sp³-hybridized carbons (Fsp3) is 0.263. The summed E-state index contributed by atoms with van der Waals surface area (Å²) in [5.74, 6) is -1.30. The molecule has 1 N–H and O–H groups in total. The molecule has 8 nitrogen and oxygen atoms in total. The average Bonchev–Trinajstić information content (AvgIpc) is 2.75. The molecule has 2 aromatic rings. The number of nitrogens with one attached hydrogen (secondary N) is 1. The van der Waals surface area contributed by atoms with Gasteiger partial charge in [-0.25, -0.2) is 13.2 Å². The van der Waals surface area contributed by atoms with Crippen molar-refractivity contribution in [2.75, 3.05) is 38.7 Å². The lowest BCUT2D eigenvalue weighted by molar-refractivity contribution is 0.0600. The molecule has 0 unspecified atom stereocenters. The van der Waals surface area contributed by atoms with Crippen LogP contribution < -0.4 is 5.32 Å². The highest BCUT2D eigenvalue weighted by atomic mass is 35.5. The van der Waals surface area contributed by atoms with Crippen LogP contribution in [-0.4, -0.2) is 58.0 Å². The largest absolute Gasteiger partial charge is 0.465 e. The molecule has 160 valence electrons. The molecule has 11 heteroatoms. The van der Waals surface area contributed by atoms with Crippen molar-refractivity contribution in [1.29, 1.82) is 0 Å². The molecule has 0 bridgehead atoms. The summed E-state index contributed by atoms with van der Waals surface area (Å²) < 4.78 is 36.8. The van der Waals surface area contributed by atoms with E-state index in [0.717, 1.165) is 0 Å². The molecule has 30 heavy (non-hydrogen) atoms. The van der Waals surface area contributed by atoms with E-state index in [-0.39, 0.29) is 44.8 Å². The van der Waals surface area contributed by atoms with E-state index in [2.05, 4.69) is 10.1 Å². The maximum atomic E-state index is 12.9. The fourth-order valence-electron chi connectivity index (χ4n) is 2.84. The van der Waals surface area contributed by atoms with E-state index in [1.54, 1.807) is 0 Å². The molecule has 0 spiro atoms. The summed E-state index contributed by atoms with van der Waals surface area (Å²) in [6.45, 7) is 1.07. The van der Waals surface area contributed by atoms with Crippen molar-refractivity contribution in [2.24, 2.45) is 0 Å². The van der Waals surface area contributed by atoms with Gasteiger partial charge in [-0.1, -0.05) is 23.2 Å². The van der Waals surface area contributed by atoms with Gasteiger partial charge in [0.15, 0.2) is 0 Å². The van der Waals surface area contributed by atoms with Crippen molar-refractivity contribution >= 4 is 50.8 Å². The Bertz CT molecular complexity index is 1080. The first-order valence-electron chi connectivity index (χ1n) is 8.80. The second-order valence-corrected chi connectivity index (χ2v) is 9.05. The molecule has 0 saturated carbocycles. The van der Waals surface area contributed by atoms with Crippen LogP contribution in [0.5, 0.6) is 0 Å². The van der Waals surface area contributed by atoms with Crippen molar-refractivity contribution in [3.8, 4) is 0 Å². The molecule has 1 aliphatic rings. The Labute approximate surface area is 183 Å². The lowest BCUT2D eigenvalue weighted by Crippen LogP contribution is -2.40. The predicted molar refractivity (Wildman–Crippen MR) is 112 cm³/mol. The van der Waals surface area contributed by atoms with Crippen molar-refractivity contribution < 1.29 is 27.5 Å². The number of rotatable bonds is 5. The number of carbonyl (C=O) groups excluding carboxylic acids is 2. The van der Waals surface area contributed by atoms with Crippen molar-refractivity contribution in [2.45, 2.75) is 4.90 Å². The van der Waals surface area contributed by atoms with Crippen LogP contribution in [0.1, 0.15) is 20.7 Å². The maximum Gasteiger partial charge on any atom is 0.339 e. The van der Waals surface area contributed by atoms with Crippen LogP contribution in [0.25, 0.3) is 0 Å². The van der Waals surface area contributed by atoms with Gasteiger partial charge in [0.25, 0.3) is 5.91 Å². The highest BCUT2D eigenvalue weighted by Gasteiger charge is 2.27. The summed E-state index contributed by atoms with van der Waals surface area (Å²) in [5.41, 5.74) is 0.314. The number of sulfonamides is 1. The van der Waals surface area contributed by atoms with Crippen LogP contribution in [0, 0.1) is 0 Å². The topological polar surface area (TPSA) is 102 Å². The third-order valence-corrected chi connectivity index (χ3v) is 6.97. The summed E-state index contributed by atoms with van der Waals surface area (Å²) in [6.07, 6.45) is 0. The monoisotopic (exact) mass is 472 g/mol. The van der Waals surface area contributed by atoms with Crippen molar-refractivity contribution in [1.82, 2.24) is 4.31 Å². The summed E-state index contributed by atoms with van der Waals surface area (Å²) in [4.78, 5) is 24.5. The number of benzene rings is 2. The van der Waals surface area contributed by atoms with Gasteiger partial charge in [0.05, 0.1) is 46.4 Å². The first kappa shape index (κ1) is 22.5. The lowest BCUT2D eigenvalue weighted by atomic mass is 10.1. The molecule has 0 atom stereocenters. The number of anilines is 1. The van der Waals surface area contributed by atoms with E-state index in [1.165, 1.54) is 47.8 Å². The third kappa shape index (κ3) is 4.76. The average molecular weight is 473 g/mol. The molecule has 0 aliphatic carbocycles. The van der Waals surface area contributed by atoms with Gasteiger partial charge in [-0.05, 0) is 36.4 Å². The Morgan fingerprint density at radius 3 is 2.33 bits per heavy atom. The second kappa shape index (κ2) is 9.32. The smallest absolute Gasteiger partial charge is 0.339 e. The summed E-state index contributed by atoms with van der Waals surface area (Å²) in [7, 11) is -2.59. The number of amides is 1. The Balaban J connectivity index is 1.88. The summed E-state index contributed by atoms with van der Waals surface area (Å²) >= 11 is 12.1. The molecule has 1 heterocycles. The molecule has 1 saturated heterocycles.